The fourth-order valence-electron chi connectivity index (χ4n) is 2.48. The normalized spacial score (nSPS) is 18.9. The molecule has 1 amide bonds. The Bertz CT molecular complexity index is 535. The van der Waals surface area contributed by atoms with E-state index in [1.54, 1.807) is 11.0 Å². The standard InChI is InChI=1S/C14H15BrFNO3/c15-11-5-4-9(7-12(11)16)14(20)17-6-2-1-3-10(17)8-13(18)19/h4-5,7,10H,1-3,6,8H2,(H,18,19). The Hall–Kier alpha value is -1.43. The number of hydrogen-bond acceptors (Lipinski definition) is 2. The van der Waals surface area contributed by atoms with Gasteiger partial charge in [0.2, 0.25) is 0 Å². The summed E-state index contributed by atoms with van der Waals surface area (Å²) in [7, 11) is 0. The third-order valence-corrected chi connectivity index (χ3v) is 4.11. The molecule has 1 fully saturated rings. The average molecular weight is 344 g/mol. The van der Waals surface area contributed by atoms with Crippen molar-refractivity contribution in [1.29, 1.82) is 0 Å². The molecule has 1 aliphatic rings. The predicted octanol–water partition coefficient (Wildman–Crippen LogP) is 3.06. The molecule has 1 aliphatic heterocycles. The van der Waals surface area contributed by atoms with Gasteiger partial charge in [-0.25, -0.2) is 4.39 Å². The van der Waals surface area contributed by atoms with Crippen LogP contribution in [0.15, 0.2) is 22.7 Å². The van der Waals surface area contributed by atoms with Crippen molar-refractivity contribution in [2.75, 3.05) is 6.54 Å². The molecule has 1 heterocycles. The largest absolute Gasteiger partial charge is 0.481 e. The number of amides is 1. The van der Waals surface area contributed by atoms with E-state index in [9.17, 15) is 14.0 Å². The molecular formula is C14H15BrFNO3. The van der Waals surface area contributed by atoms with Crippen LogP contribution in [-0.4, -0.2) is 34.5 Å². The molecule has 108 valence electrons. The third-order valence-electron chi connectivity index (χ3n) is 3.46. The van der Waals surface area contributed by atoms with E-state index in [2.05, 4.69) is 15.9 Å². The fraction of sp³-hybridized carbons (Fsp3) is 0.429. The summed E-state index contributed by atoms with van der Waals surface area (Å²) in [5, 5.41) is 8.91. The molecule has 0 aliphatic carbocycles. The van der Waals surface area contributed by atoms with Crippen molar-refractivity contribution >= 4 is 27.8 Å². The molecule has 1 unspecified atom stereocenters. The van der Waals surface area contributed by atoms with E-state index in [0.717, 1.165) is 12.8 Å². The second-order valence-electron chi connectivity index (χ2n) is 4.87. The van der Waals surface area contributed by atoms with Gasteiger partial charge in [0.15, 0.2) is 0 Å². The van der Waals surface area contributed by atoms with Crippen LogP contribution in [0.2, 0.25) is 0 Å². The van der Waals surface area contributed by atoms with Crippen LogP contribution in [0.25, 0.3) is 0 Å². The summed E-state index contributed by atoms with van der Waals surface area (Å²) < 4.78 is 13.8. The zero-order valence-corrected chi connectivity index (χ0v) is 12.4. The van der Waals surface area contributed by atoms with E-state index in [4.69, 9.17) is 5.11 Å². The number of likely N-dealkylation sites (tertiary alicyclic amines) is 1. The minimum atomic E-state index is -0.920. The van der Waals surface area contributed by atoms with Crippen LogP contribution < -0.4 is 0 Å². The average Bonchev–Trinajstić information content (AvgIpc) is 2.41. The summed E-state index contributed by atoms with van der Waals surface area (Å²) in [5.41, 5.74) is 0.253. The van der Waals surface area contributed by atoms with E-state index in [1.165, 1.54) is 12.1 Å². The molecule has 4 nitrogen and oxygen atoms in total. The smallest absolute Gasteiger partial charge is 0.305 e. The lowest BCUT2D eigenvalue weighted by Crippen LogP contribution is -2.44. The van der Waals surface area contributed by atoms with Gasteiger partial charge in [-0.3, -0.25) is 9.59 Å². The topological polar surface area (TPSA) is 57.6 Å². The number of hydrogen-bond donors (Lipinski definition) is 1. The molecule has 0 bridgehead atoms. The SMILES string of the molecule is O=C(O)CC1CCCCN1C(=O)c1ccc(Br)c(F)c1. The van der Waals surface area contributed by atoms with E-state index >= 15 is 0 Å². The summed E-state index contributed by atoms with van der Waals surface area (Å²) in [4.78, 5) is 24.8. The first-order chi connectivity index (χ1) is 9.49. The van der Waals surface area contributed by atoms with Gasteiger partial charge in [-0.15, -0.1) is 0 Å². The molecule has 1 saturated heterocycles. The highest BCUT2D eigenvalue weighted by atomic mass is 79.9. The van der Waals surface area contributed by atoms with Crippen LogP contribution in [0.5, 0.6) is 0 Å². The first kappa shape index (κ1) is 15.0. The molecule has 1 N–H and O–H groups in total. The number of piperidine rings is 1. The highest BCUT2D eigenvalue weighted by Gasteiger charge is 2.29. The Morgan fingerprint density at radius 2 is 2.15 bits per heavy atom. The van der Waals surface area contributed by atoms with Gasteiger partial charge in [0.05, 0.1) is 10.9 Å². The van der Waals surface area contributed by atoms with Crippen LogP contribution in [-0.2, 0) is 4.79 Å². The second-order valence-corrected chi connectivity index (χ2v) is 5.73. The zero-order chi connectivity index (χ0) is 14.7. The van der Waals surface area contributed by atoms with Gasteiger partial charge in [-0.2, -0.15) is 0 Å². The van der Waals surface area contributed by atoms with Gasteiger partial charge in [0.25, 0.3) is 5.91 Å². The van der Waals surface area contributed by atoms with E-state index in [1.807, 2.05) is 0 Å². The molecule has 1 aromatic rings. The van der Waals surface area contributed by atoms with Gasteiger partial charge >= 0.3 is 5.97 Å². The lowest BCUT2D eigenvalue weighted by atomic mass is 9.98. The van der Waals surface area contributed by atoms with Crippen molar-refractivity contribution in [3.63, 3.8) is 0 Å². The van der Waals surface area contributed by atoms with Crippen molar-refractivity contribution in [1.82, 2.24) is 4.90 Å². The van der Waals surface area contributed by atoms with Crippen LogP contribution in [0.4, 0.5) is 4.39 Å². The van der Waals surface area contributed by atoms with Crippen molar-refractivity contribution in [2.24, 2.45) is 0 Å². The number of carbonyl (C=O) groups is 2. The molecule has 6 heteroatoms. The molecular weight excluding hydrogens is 329 g/mol. The van der Waals surface area contributed by atoms with Crippen LogP contribution in [0.3, 0.4) is 0 Å². The van der Waals surface area contributed by atoms with Gasteiger partial charge in [0, 0.05) is 18.2 Å². The lowest BCUT2D eigenvalue weighted by Gasteiger charge is -2.35. The lowest BCUT2D eigenvalue weighted by molar-refractivity contribution is -0.138. The third kappa shape index (κ3) is 3.36. The Balaban J connectivity index is 2.20. The van der Waals surface area contributed by atoms with Crippen LogP contribution in [0, 0.1) is 5.82 Å². The van der Waals surface area contributed by atoms with Crippen molar-refractivity contribution in [3.05, 3.63) is 34.1 Å². The Morgan fingerprint density at radius 1 is 1.40 bits per heavy atom. The number of benzene rings is 1. The molecule has 1 aromatic carbocycles. The molecule has 0 saturated carbocycles. The van der Waals surface area contributed by atoms with Crippen molar-refractivity contribution in [3.8, 4) is 0 Å². The van der Waals surface area contributed by atoms with Crippen LogP contribution >= 0.6 is 15.9 Å². The first-order valence-electron chi connectivity index (χ1n) is 6.47. The summed E-state index contributed by atoms with van der Waals surface area (Å²) in [6.07, 6.45) is 2.37. The van der Waals surface area contributed by atoms with Crippen molar-refractivity contribution < 1.29 is 19.1 Å². The monoisotopic (exact) mass is 343 g/mol. The van der Waals surface area contributed by atoms with Crippen molar-refractivity contribution in [2.45, 2.75) is 31.7 Å². The predicted molar refractivity (Wildman–Crippen MR) is 75.0 cm³/mol. The number of carbonyl (C=O) groups excluding carboxylic acids is 1. The number of rotatable bonds is 3. The maximum Gasteiger partial charge on any atom is 0.305 e. The molecule has 0 aromatic heterocycles. The number of halogens is 2. The number of nitrogens with zero attached hydrogens (tertiary/aromatic N) is 1. The van der Waals surface area contributed by atoms with E-state index < -0.39 is 11.8 Å². The van der Waals surface area contributed by atoms with E-state index in [-0.39, 0.29) is 23.9 Å². The maximum absolute atomic E-state index is 13.5. The maximum atomic E-state index is 13.5. The highest BCUT2D eigenvalue weighted by molar-refractivity contribution is 9.10. The van der Waals surface area contributed by atoms with Crippen LogP contribution in [0.1, 0.15) is 36.0 Å². The number of carboxylic acids is 1. The molecule has 0 spiro atoms. The van der Waals surface area contributed by atoms with Gasteiger partial charge in [-0.1, -0.05) is 0 Å². The second kappa shape index (κ2) is 6.35. The Morgan fingerprint density at radius 3 is 2.80 bits per heavy atom. The van der Waals surface area contributed by atoms with E-state index in [0.29, 0.717) is 17.4 Å². The Kier molecular flexibility index (Phi) is 4.75. The summed E-state index contributed by atoms with van der Waals surface area (Å²) in [5.74, 6) is -1.72. The molecule has 0 radical (unpaired) electrons. The number of carboxylic acid groups (broad SMARTS) is 1. The first-order valence-corrected chi connectivity index (χ1v) is 7.26. The zero-order valence-electron chi connectivity index (χ0n) is 10.8. The summed E-state index contributed by atoms with van der Waals surface area (Å²) >= 11 is 3.04. The summed E-state index contributed by atoms with van der Waals surface area (Å²) in [6, 6.07) is 3.90. The number of aliphatic carboxylic acids is 1. The minimum Gasteiger partial charge on any atom is -0.481 e. The fourth-order valence-corrected chi connectivity index (χ4v) is 2.72. The molecule has 20 heavy (non-hydrogen) atoms. The Labute approximate surface area is 124 Å². The molecule has 2 rings (SSSR count). The summed E-state index contributed by atoms with van der Waals surface area (Å²) in [6.45, 7) is 0.522. The van der Waals surface area contributed by atoms with Gasteiger partial charge < -0.3 is 10.0 Å². The minimum absolute atomic E-state index is 0.0647. The quantitative estimate of drug-likeness (QED) is 0.917. The van der Waals surface area contributed by atoms with Gasteiger partial charge in [-0.05, 0) is 53.4 Å². The van der Waals surface area contributed by atoms with Gasteiger partial charge in [0.1, 0.15) is 5.82 Å². The molecule has 1 atom stereocenters. The highest BCUT2D eigenvalue weighted by Crippen LogP contribution is 2.23.